The van der Waals surface area contributed by atoms with Crippen LogP contribution in [0.1, 0.15) is 5.82 Å². The SMILES string of the molecule is Nc1c(Cl)cc(Cl)cc1-c1nc(COCC(F)(F)F)no1. The Balaban J connectivity index is 2.13. The lowest BCUT2D eigenvalue weighted by atomic mass is 10.2. The van der Waals surface area contributed by atoms with Crippen molar-refractivity contribution in [3.05, 3.63) is 28.0 Å². The van der Waals surface area contributed by atoms with Crippen LogP contribution in [0.2, 0.25) is 10.0 Å². The zero-order chi connectivity index (χ0) is 15.6. The van der Waals surface area contributed by atoms with Gasteiger partial charge in [-0.15, -0.1) is 0 Å². The van der Waals surface area contributed by atoms with Gasteiger partial charge in [0.05, 0.1) is 16.3 Å². The molecule has 0 aliphatic carbocycles. The van der Waals surface area contributed by atoms with E-state index in [0.29, 0.717) is 10.6 Å². The number of nitrogens with zero attached hydrogens (tertiary/aromatic N) is 2. The van der Waals surface area contributed by atoms with Crippen LogP contribution >= 0.6 is 23.2 Å². The van der Waals surface area contributed by atoms with Gasteiger partial charge in [0.25, 0.3) is 5.89 Å². The van der Waals surface area contributed by atoms with E-state index < -0.39 is 19.4 Å². The number of halogens is 5. The number of benzene rings is 1. The molecule has 0 radical (unpaired) electrons. The first-order valence-corrected chi connectivity index (χ1v) is 6.24. The Labute approximate surface area is 126 Å². The smallest absolute Gasteiger partial charge is 0.397 e. The Morgan fingerprint density at radius 2 is 2.00 bits per heavy atom. The summed E-state index contributed by atoms with van der Waals surface area (Å²) < 4.78 is 45.1. The normalized spacial score (nSPS) is 11.9. The number of rotatable bonds is 4. The number of hydrogen-bond donors (Lipinski definition) is 1. The van der Waals surface area contributed by atoms with Crippen molar-refractivity contribution in [1.29, 1.82) is 0 Å². The molecule has 0 aliphatic heterocycles. The van der Waals surface area contributed by atoms with Gasteiger partial charge in [0.1, 0.15) is 13.2 Å². The van der Waals surface area contributed by atoms with Crippen molar-refractivity contribution in [2.24, 2.45) is 0 Å². The molecule has 0 saturated carbocycles. The first-order chi connectivity index (χ1) is 9.76. The molecule has 2 rings (SSSR count). The number of ether oxygens (including phenoxy) is 1. The third-order valence-corrected chi connectivity index (χ3v) is 2.82. The Kier molecular flexibility index (Phi) is 4.60. The van der Waals surface area contributed by atoms with Gasteiger partial charge in [-0.2, -0.15) is 18.2 Å². The highest BCUT2D eigenvalue weighted by Gasteiger charge is 2.27. The molecule has 1 heterocycles. The van der Waals surface area contributed by atoms with Crippen LogP contribution in [0.5, 0.6) is 0 Å². The molecular weight excluding hydrogens is 334 g/mol. The second kappa shape index (κ2) is 6.08. The Hall–Kier alpha value is -1.51. The minimum Gasteiger partial charge on any atom is -0.397 e. The standard InChI is InChI=1S/C11H8Cl2F3N3O2/c12-5-1-6(9(17)7(13)2-5)10-18-8(19-21-10)3-20-4-11(14,15)16/h1-2H,3-4,17H2. The van der Waals surface area contributed by atoms with E-state index in [4.69, 9.17) is 33.5 Å². The van der Waals surface area contributed by atoms with E-state index >= 15 is 0 Å². The Morgan fingerprint density at radius 1 is 1.29 bits per heavy atom. The van der Waals surface area contributed by atoms with Crippen LogP contribution in [0.25, 0.3) is 11.5 Å². The highest BCUT2D eigenvalue weighted by atomic mass is 35.5. The number of anilines is 1. The summed E-state index contributed by atoms with van der Waals surface area (Å²) in [5.74, 6) is -0.0627. The molecule has 0 amide bonds. The van der Waals surface area contributed by atoms with Crippen molar-refractivity contribution in [3.8, 4) is 11.5 Å². The molecular formula is C11H8Cl2F3N3O2. The number of nitrogen functional groups attached to an aromatic ring is 1. The van der Waals surface area contributed by atoms with Crippen molar-refractivity contribution in [3.63, 3.8) is 0 Å². The highest BCUT2D eigenvalue weighted by Crippen LogP contribution is 2.33. The van der Waals surface area contributed by atoms with Gasteiger partial charge in [-0.1, -0.05) is 28.4 Å². The predicted molar refractivity (Wildman–Crippen MR) is 69.9 cm³/mol. The molecule has 1 aromatic carbocycles. The van der Waals surface area contributed by atoms with Crippen molar-refractivity contribution in [1.82, 2.24) is 10.1 Å². The summed E-state index contributed by atoms with van der Waals surface area (Å²) in [6, 6.07) is 2.89. The maximum Gasteiger partial charge on any atom is 0.411 e. The average molecular weight is 342 g/mol. The fraction of sp³-hybridized carbons (Fsp3) is 0.273. The Morgan fingerprint density at radius 3 is 2.67 bits per heavy atom. The summed E-state index contributed by atoms with van der Waals surface area (Å²) in [6.45, 7) is -1.85. The van der Waals surface area contributed by atoms with Gasteiger partial charge >= 0.3 is 6.18 Å². The van der Waals surface area contributed by atoms with Gasteiger partial charge in [0.15, 0.2) is 5.82 Å². The molecule has 0 spiro atoms. The maximum absolute atomic E-state index is 11.9. The van der Waals surface area contributed by atoms with Crippen LogP contribution in [-0.4, -0.2) is 22.9 Å². The van der Waals surface area contributed by atoms with Crippen LogP contribution in [0.15, 0.2) is 16.7 Å². The van der Waals surface area contributed by atoms with Gasteiger partial charge in [0, 0.05) is 5.02 Å². The van der Waals surface area contributed by atoms with E-state index in [2.05, 4.69) is 14.9 Å². The predicted octanol–water partition coefficient (Wildman–Crippen LogP) is 3.70. The number of alkyl halides is 3. The summed E-state index contributed by atoms with van der Waals surface area (Å²) in [5, 5.41) is 4.00. The van der Waals surface area contributed by atoms with Crippen LogP contribution < -0.4 is 5.73 Å². The fourth-order valence-corrected chi connectivity index (χ4v) is 1.94. The molecule has 5 nitrogen and oxygen atoms in total. The molecule has 10 heteroatoms. The first-order valence-electron chi connectivity index (χ1n) is 5.48. The van der Waals surface area contributed by atoms with Crippen LogP contribution in [0.4, 0.5) is 18.9 Å². The third kappa shape index (κ3) is 4.23. The zero-order valence-electron chi connectivity index (χ0n) is 10.2. The van der Waals surface area contributed by atoms with Crippen LogP contribution in [-0.2, 0) is 11.3 Å². The fourth-order valence-electron chi connectivity index (χ4n) is 1.44. The Bertz CT molecular complexity index is 646. The molecule has 0 aliphatic rings. The molecule has 21 heavy (non-hydrogen) atoms. The molecule has 114 valence electrons. The molecule has 2 N–H and O–H groups in total. The summed E-state index contributed by atoms with van der Waals surface area (Å²) >= 11 is 11.7. The summed E-state index contributed by atoms with van der Waals surface area (Å²) in [4.78, 5) is 3.88. The number of hydrogen-bond acceptors (Lipinski definition) is 5. The minimum atomic E-state index is -4.42. The topological polar surface area (TPSA) is 74.2 Å². The van der Waals surface area contributed by atoms with E-state index in [-0.39, 0.29) is 22.4 Å². The number of aromatic nitrogens is 2. The summed E-state index contributed by atoms with van der Waals surface area (Å²) in [7, 11) is 0. The van der Waals surface area contributed by atoms with Crippen molar-refractivity contribution < 1.29 is 22.4 Å². The van der Waals surface area contributed by atoms with Gasteiger partial charge in [-0.25, -0.2) is 0 Å². The van der Waals surface area contributed by atoms with Crippen molar-refractivity contribution in [2.45, 2.75) is 12.8 Å². The molecule has 1 aromatic heterocycles. The molecule has 0 saturated heterocycles. The van der Waals surface area contributed by atoms with E-state index in [1.54, 1.807) is 0 Å². The largest absolute Gasteiger partial charge is 0.411 e. The van der Waals surface area contributed by atoms with Crippen LogP contribution in [0.3, 0.4) is 0 Å². The van der Waals surface area contributed by atoms with Gasteiger partial charge in [-0.05, 0) is 12.1 Å². The van der Waals surface area contributed by atoms with Gasteiger partial charge < -0.3 is 15.0 Å². The molecule has 0 unspecified atom stereocenters. The maximum atomic E-state index is 11.9. The lowest BCUT2D eigenvalue weighted by Crippen LogP contribution is -2.16. The molecule has 2 aromatic rings. The second-order valence-corrected chi connectivity index (χ2v) is 4.82. The monoisotopic (exact) mass is 341 g/mol. The second-order valence-electron chi connectivity index (χ2n) is 3.97. The lowest BCUT2D eigenvalue weighted by Gasteiger charge is -2.05. The van der Waals surface area contributed by atoms with E-state index in [1.165, 1.54) is 12.1 Å². The van der Waals surface area contributed by atoms with Gasteiger partial charge in [0.2, 0.25) is 0 Å². The highest BCUT2D eigenvalue weighted by molar-refractivity contribution is 6.37. The summed E-state index contributed by atoms with van der Waals surface area (Å²) in [5.41, 5.74) is 6.22. The first kappa shape index (κ1) is 15.9. The van der Waals surface area contributed by atoms with Crippen molar-refractivity contribution >= 4 is 28.9 Å². The molecule has 0 atom stereocenters. The van der Waals surface area contributed by atoms with Gasteiger partial charge in [-0.3, -0.25) is 0 Å². The average Bonchev–Trinajstić information content (AvgIpc) is 2.80. The zero-order valence-corrected chi connectivity index (χ0v) is 11.8. The molecule has 0 bridgehead atoms. The minimum absolute atomic E-state index is 0.0116. The van der Waals surface area contributed by atoms with E-state index in [1.807, 2.05) is 0 Å². The molecule has 0 fully saturated rings. The summed E-state index contributed by atoms with van der Waals surface area (Å²) in [6.07, 6.45) is -4.42. The van der Waals surface area contributed by atoms with Crippen LogP contribution in [0, 0.1) is 0 Å². The van der Waals surface area contributed by atoms with E-state index in [0.717, 1.165) is 0 Å². The van der Waals surface area contributed by atoms with Crippen molar-refractivity contribution in [2.75, 3.05) is 12.3 Å². The quantitative estimate of drug-likeness (QED) is 0.858. The third-order valence-electron chi connectivity index (χ3n) is 2.29. The van der Waals surface area contributed by atoms with E-state index in [9.17, 15) is 13.2 Å². The lowest BCUT2D eigenvalue weighted by molar-refractivity contribution is -0.177. The number of nitrogens with two attached hydrogens (primary N) is 1.